The molecule has 1 fully saturated rings. The molecule has 118 valence electrons. The lowest BCUT2D eigenvalue weighted by atomic mass is 10.1. The fourth-order valence-electron chi connectivity index (χ4n) is 2.18. The van der Waals surface area contributed by atoms with Gasteiger partial charge in [-0.1, -0.05) is 30.3 Å². The molecule has 1 N–H and O–H groups in total. The van der Waals surface area contributed by atoms with Crippen LogP contribution in [0.5, 0.6) is 0 Å². The van der Waals surface area contributed by atoms with Gasteiger partial charge in [0.1, 0.15) is 18.7 Å². The highest BCUT2D eigenvalue weighted by Crippen LogP contribution is 2.23. The number of carbonyl (C=O) groups excluding carboxylic acids is 3. The van der Waals surface area contributed by atoms with E-state index in [-0.39, 0.29) is 13.2 Å². The maximum Gasteiger partial charge on any atom is 0.329 e. The van der Waals surface area contributed by atoms with Gasteiger partial charge in [-0.3, -0.25) is 4.79 Å². The third-order valence-corrected chi connectivity index (χ3v) is 3.36. The van der Waals surface area contributed by atoms with Gasteiger partial charge in [0.05, 0.1) is 6.61 Å². The topological polar surface area (TPSA) is 84.9 Å². The number of amides is 3. The number of hydrogen-bond donors (Lipinski definition) is 1. The summed E-state index contributed by atoms with van der Waals surface area (Å²) >= 11 is 0. The predicted octanol–water partition coefficient (Wildman–Crippen LogP) is 0.858. The standard InChI is InChI=1S/C15H18N2O5/c1-10(14(19)22-9-8-21-2)17-13(18)12(16-15(17)20)11-6-4-3-5-7-11/h3-7,10,12H,8-9H2,1-2H3,(H,16,20). The average molecular weight is 306 g/mol. The number of nitrogens with zero attached hydrogens (tertiary/aromatic N) is 1. The van der Waals surface area contributed by atoms with Crippen molar-refractivity contribution in [2.75, 3.05) is 20.3 Å². The predicted molar refractivity (Wildman–Crippen MR) is 76.9 cm³/mol. The normalized spacial score (nSPS) is 19.0. The average Bonchev–Trinajstić information content (AvgIpc) is 2.82. The molecule has 0 aromatic heterocycles. The summed E-state index contributed by atoms with van der Waals surface area (Å²) in [7, 11) is 1.49. The molecule has 1 aliphatic rings. The third-order valence-electron chi connectivity index (χ3n) is 3.36. The van der Waals surface area contributed by atoms with E-state index in [0.29, 0.717) is 5.56 Å². The maximum absolute atomic E-state index is 12.4. The minimum Gasteiger partial charge on any atom is -0.462 e. The summed E-state index contributed by atoms with van der Waals surface area (Å²) in [5, 5.41) is 2.58. The number of esters is 1. The van der Waals surface area contributed by atoms with E-state index in [2.05, 4.69) is 5.32 Å². The molecule has 0 bridgehead atoms. The molecule has 7 heteroatoms. The van der Waals surface area contributed by atoms with Crippen LogP contribution < -0.4 is 5.32 Å². The number of rotatable bonds is 6. The molecule has 3 amide bonds. The molecule has 7 nitrogen and oxygen atoms in total. The van der Waals surface area contributed by atoms with E-state index in [1.807, 2.05) is 6.07 Å². The molecule has 2 unspecified atom stereocenters. The summed E-state index contributed by atoms with van der Waals surface area (Å²) in [6.45, 7) is 1.79. The van der Waals surface area contributed by atoms with Crippen LogP contribution >= 0.6 is 0 Å². The number of urea groups is 1. The number of benzene rings is 1. The van der Waals surface area contributed by atoms with E-state index in [1.54, 1.807) is 24.3 Å². The molecule has 0 radical (unpaired) electrons. The summed E-state index contributed by atoms with van der Waals surface area (Å²) in [6, 6.07) is 6.50. The van der Waals surface area contributed by atoms with Crippen molar-refractivity contribution in [1.29, 1.82) is 0 Å². The van der Waals surface area contributed by atoms with Crippen LogP contribution in [0.15, 0.2) is 30.3 Å². The van der Waals surface area contributed by atoms with Crippen molar-refractivity contribution in [3.05, 3.63) is 35.9 Å². The van der Waals surface area contributed by atoms with Crippen LogP contribution in [0.2, 0.25) is 0 Å². The Kier molecular flexibility index (Phi) is 5.11. The number of imide groups is 1. The van der Waals surface area contributed by atoms with Crippen LogP contribution in [0.4, 0.5) is 4.79 Å². The SMILES string of the molecule is COCCOC(=O)C(C)N1C(=O)NC(c2ccccc2)C1=O. The maximum atomic E-state index is 12.4. The smallest absolute Gasteiger partial charge is 0.329 e. The highest BCUT2D eigenvalue weighted by molar-refractivity contribution is 6.07. The lowest BCUT2D eigenvalue weighted by Gasteiger charge is -2.20. The first-order valence-corrected chi connectivity index (χ1v) is 6.90. The second-order valence-corrected chi connectivity index (χ2v) is 4.84. The fraction of sp³-hybridized carbons (Fsp3) is 0.400. The Morgan fingerprint density at radius 3 is 2.59 bits per heavy atom. The molecule has 0 spiro atoms. The van der Waals surface area contributed by atoms with Crippen LogP contribution in [0, 0.1) is 0 Å². The van der Waals surface area contributed by atoms with Crippen molar-refractivity contribution in [1.82, 2.24) is 10.2 Å². The van der Waals surface area contributed by atoms with Gasteiger partial charge in [-0.05, 0) is 12.5 Å². The highest BCUT2D eigenvalue weighted by Gasteiger charge is 2.43. The van der Waals surface area contributed by atoms with E-state index >= 15 is 0 Å². The Hall–Kier alpha value is -2.41. The van der Waals surface area contributed by atoms with E-state index < -0.39 is 30.0 Å². The van der Waals surface area contributed by atoms with Gasteiger partial charge in [0, 0.05) is 7.11 Å². The molecule has 0 saturated carbocycles. The highest BCUT2D eigenvalue weighted by atomic mass is 16.6. The lowest BCUT2D eigenvalue weighted by molar-refractivity contribution is -0.152. The van der Waals surface area contributed by atoms with Crippen molar-refractivity contribution in [3.63, 3.8) is 0 Å². The molecule has 0 aliphatic carbocycles. The summed E-state index contributed by atoms with van der Waals surface area (Å²) < 4.78 is 9.73. The van der Waals surface area contributed by atoms with Crippen molar-refractivity contribution in [3.8, 4) is 0 Å². The molecule has 1 aromatic carbocycles. The monoisotopic (exact) mass is 306 g/mol. The summed E-state index contributed by atoms with van der Waals surface area (Å²) in [4.78, 5) is 37.2. The Bertz CT molecular complexity index is 560. The molecule has 1 aliphatic heterocycles. The van der Waals surface area contributed by atoms with E-state index in [9.17, 15) is 14.4 Å². The summed E-state index contributed by atoms with van der Waals surface area (Å²) in [5.41, 5.74) is 0.670. The first-order valence-electron chi connectivity index (χ1n) is 6.90. The van der Waals surface area contributed by atoms with Crippen LogP contribution in [-0.4, -0.2) is 49.2 Å². The van der Waals surface area contributed by atoms with Gasteiger partial charge in [0.2, 0.25) is 0 Å². The molecule has 2 atom stereocenters. The molecule has 1 heterocycles. The second kappa shape index (κ2) is 7.04. The van der Waals surface area contributed by atoms with Gasteiger partial charge < -0.3 is 14.8 Å². The molecule has 1 aromatic rings. The number of nitrogens with one attached hydrogen (secondary N) is 1. The molecule has 22 heavy (non-hydrogen) atoms. The van der Waals surface area contributed by atoms with Crippen molar-refractivity contribution < 1.29 is 23.9 Å². The lowest BCUT2D eigenvalue weighted by Crippen LogP contribution is -2.44. The Morgan fingerprint density at radius 1 is 1.27 bits per heavy atom. The van der Waals surface area contributed by atoms with Crippen LogP contribution in [0.1, 0.15) is 18.5 Å². The first kappa shape index (κ1) is 16.0. The van der Waals surface area contributed by atoms with Crippen LogP contribution in [0.3, 0.4) is 0 Å². The number of ether oxygens (including phenoxy) is 2. The minimum atomic E-state index is -0.988. The van der Waals surface area contributed by atoms with Crippen molar-refractivity contribution in [2.45, 2.75) is 19.0 Å². The van der Waals surface area contributed by atoms with Gasteiger partial charge in [0.25, 0.3) is 5.91 Å². The van der Waals surface area contributed by atoms with Gasteiger partial charge in [-0.15, -0.1) is 0 Å². The molecular weight excluding hydrogens is 288 g/mol. The summed E-state index contributed by atoms with van der Waals surface area (Å²) in [5.74, 6) is -1.11. The zero-order valence-corrected chi connectivity index (χ0v) is 12.4. The van der Waals surface area contributed by atoms with E-state index in [1.165, 1.54) is 14.0 Å². The van der Waals surface area contributed by atoms with Crippen LogP contribution in [-0.2, 0) is 19.1 Å². The number of methoxy groups -OCH3 is 1. The number of carbonyl (C=O) groups is 3. The van der Waals surface area contributed by atoms with Gasteiger partial charge in [-0.2, -0.15) is 0 Å². The van der Waals surface area contributed by atoms with E-state index in [4.69, 9.17) is 9.47 Å². The minimum absolute atomic E-state index is 0.0748. The van der Waals surface area contributed by atoms with Gasteiger partial charge in [0.15, 0.2) is 0 Å². The second-order valence-electron chi connectivity index (χ2n) is 4.84. The largest absolute Gasteiger partial charge is 0.462 e. The molecule has 1 saturated heterocycles. The quantitative estimate of drug-likeness (QED) is 0.478. The fourth-order valence-corrected chi connectivity index (χ4v) is 2.18. The zero-order chi connectivity index (χ0) is 16.1. The van der Waals surface area contributed by atoms with Crippen LogP contribution in [0.25, 0.3) is 0 Å². The molecule has 2 rings (SSSR count). The van der Waals surface area contributed by atoms with Crippen molar-refractivity contribution in [2.24, 2.45) is 0 Å². The third kappa shape index (κ3) is 3.25. The van der Waals surface area contributed by atoms with Gasteiger partial charge in [-0.25, -0.2) is 14.5 Å². The Morgan fingerprint density at radius 2 is 1.95 bits per heavy atom. The molecular formula is C15H18N2O5. The first-order chi connectivity index (χ1) is 10.6. The summed E-state index contributed by atoms with van der Waals surface area (Å²) in [6.07, 6.45) is 0. The van der Waals surface area contributed by atoms with Gasteiger partial charge >= 0.3 is 12.0 Å². The zero-order valence-electron chi connectivity index (χ0n) is 12.4. The number of hydrogen-bond acceptors (Lipinski definition) is 5. The van der Waals surface area contributed by atoms with E-state index in [0.717, 1.165) is 4.90 Å². The van der Waals surface area contributed by atoms with Crippen molar-refractivity contribution >= 4 is 17.9 Å². The Balaban J connectivity index is 2.07. The Labute approximate surface area is 128 Å².